The maximum atomic E-state index is 9.43. The van der Waals surface area contributed by atoms with E-state index < -0.39 is 0 Å². The lowest BCUT2D eigenvalue weighted by atomic mass is 9.84. The first-order valence-corrected chi connectivity index (χ1v) is 15.9. The van der Waals surface area contributed by atoms with Gasteiger partial charge in [0.05, 0.1) is 5.48 Å². The van der Waals surface area contributed by atoms with E-state index in [4.69, 9.17) is 4.42 Å². The highest BCUT2D eigenvalue weighted by atomic mass is 16.3. The number of benzene rings is 9. The van der Waals surface area contributed by atoms with Crippen LogP contribution in [-0.4, -0.2) is 0 Å². The van der Waals surface area contributed by atoms with Crippen LogP contribution in [0.1, 0.15) is 5.48 Å². The van der Waals surface area contributed by atoms with Gasteiger partial charge in [-0.1, -0.05) is 152 Å². The van der Waals surface area contributed by atoms with Crippen molar-refractivity contribution in [1.29, 1.82) is 0 Å². The summed E-state index contributed by atoms with van der Waals surface area (Å²) in [5.74, 6) is 0. The van der Waals surface area contributed by atoms with Gasteiger partial charge in [-0.25, -0.2) is 0 Å². The second-order valence-electron chi connectivity index (χ2n) is 12.1. The van der Waals surface area contributed by atoms with E-state index in [0.29, 0.717) is 22.3 Å². The fourth-order valence-corrected chi connectivity index (χ4v) is 7.38. The zero-order valence-electron chi connectivity index (χ0n) is 29.3. The van der Waals surface area contributed by atoms with Crippen LogP contribution in [0.3, 0.4) is 0 Å². The number of rotatable bonds is 3. The predicted molar refractivity (Wildman–Crippen MR) is 200 cm³/mol. The van der Waals surface area contributed by atoms with E-state index in [1.54, 1.807) is 0 Å². The lowest BCUT2D eigenvalue weighted by Gasteiger charge is -2.18. The van der Waals surface area contributed by atoms with Crippen LogP contribution in [0.15, 0.2) is 174 Å². The maximum Gasteiger partial charge on any atom is 0.143 e. The second-order valence-corrected chi connectivity index (χ2v) is 12.1. The van der Waals surface area contributed by atoms with Gasteiger partial charge in [0.2, 0.25) is 0 Å². The van der Waals surface area contributed by atoms with Gasteiger partial charge in [0, 0.05) is 16.2 Å². The van der Waals surface area contributed by atoms with Gasteiger partial charge < -0.3 is 4.42 Å². The third-order valence-corrected chi connectivity index (χ3v) is 9.50. The van der Waals surface area contributed by atoms with Crippen LogP contribution in [0.4, 0.5) is 0 Å². The molecule has 10 aromatic rings. The van der Waals surface area contributed by atoms with Crippen molar-refractivity contribution >= 4 is 65.0 Å². The standard InChI is InChI=1S/C46H28O/c1-2-12-33-28-34(25-22-29(33)10-1)30-20-23-32(24-21-30)43-36-14-5-7-16-38(36)44(39-17-8-6-15-37(39)43)40-18-9-19-42-45(40)41-27-26-31-11-3-4-13-35(31)46(41)47-42/h1-28H/i20D,21D,23D,24D. The molecule has 0 aliphatic carbocycles. The van der Waals surface area contributed by atoms with Crippen molar-refractivity contribution < 1.29 is 9.90 Å². The van der Waals surface area contributed by atoms with Crippen LogP contribution in [0.25, 0.3) is 98.4 Å². The molecule has 0 saturated carbocycles. The van der Waals surface area contributed by atoms with E-state index in [-0.39, 0.29) is 24.2 Å². The topological polar surface area (TPSA) is 13.1 Å². The Hall–Kier alpha value is -6.18. The first-order valence-electron chi connectivity index (χ1n) is 17.9. The molecular formula is C46H28O. The summed E-state index contributed by atoms with van der Waals surface area (Å²) in [4.78, 5) is 0. The SMILES string of the molecule is [2H]c1c([2H])c(-c2c3ccccc3c(-c3cccc4oc5c6ccccc6ccc5c34)c3ccccc23)c([2H])c([2H])c1-c1ccc2ccccc2c1. The summed E-state index contributed by atoms with van der Waals surface area (Å²) >= 11 is 0. The summed E-state index contributed by atoms with van der Waals surface area (Å²) in [7, 11) is 0. The van der Waals surface area contributed by atoms with Gasteiger partial charge in [0.15, 0.2) is 0 Å². The average Bonchev–Trinajstić information content (AvgIpc) is 3.57. The Bertz CT molecular complexity index is 3000. The molecule has 1 aromatic heterocycles. The summed E-state index contributed by atoms with van der Waals surface area (Å²) in [6, 6.07) is 48.5. The summed E-state index contributed by atoms with van der Waals surface area (Å²) in [5.41, 5.74) is 5.69. The number of fused-ring (bicyclic) bond motifs is 8. The maximum absolute atomic E-state index is 9.43. The Labute approximate surface area is 277 Å². The lowest BCUT2D eigenvalue weighted by molar-refractivity contribution is 0.673. The molecule has 218 valence electrons. The summed E-state index contributed by atoms with van der Waals surface area (Å²) in [5, 5.41) is 9.95. The molecule has 0 radical (unpaired) electrons. The first kappa shape index (κ1) is 22.3. The molecule has 1 heteroatoms. The Morgan fingerprint density at radius 2 is 0.957 bits per heavy atom. The molecule has 0 atom stereocenters. The van der Waals surface area contributed by atoms with E-state index in [0.717, 1.165) is 76.2 Å². The predicted octanol–water partition coefficient (Wildman–Crippen LogP) is 13.2. The largest absolute Gasteiger partial charge is 0.455 e. The third kappa shape index (κ3) is 3.97. The Balaban J connectivity index is 1.28. The van der Waals surface area contributed by atoms with Crippen LogP contribution in [0.5, 0.6) is 0 Å². The molecule has 0 aliphatic rings. The fourth-order valence-electron chi connectivity index (χ4n) is 7.38. The summed E-state index contributed by atoms with van der Waals surface area (Å²) in [6.07, 6.45) is 0. The monoisotopic (exact) mass is 600 g/mol. The van der Waals surface area contributed by atoms with Crippen LogP contribution in [0.2, 0.25) is 0 Å². The molecule has 1 heterocycles. The fraction of sp³-hybridized carbons (Fsp3) is 0. The zero-order valence-corrected chi connectivity index (χ0v) is 25.3. The molecule has 0 saturated heterocycles. The highest BCUT2D eigenvalue weighted by molar-refractivity contribution is 6.27. The number of furan rings is 1. The van der Waals surface area contributed by atoms with Crippen molar-refractivity contribution in [1.82, 2.24) is 0 Å². The lowest BCUT2D eigenvalue weighted by Crippen LogP contribution is -1.91. The van der Waals surface area contributed by atoms with Gasteiger partial charge in [-0.05, 0) is 89.3 Å². The average molecular weight is 601 g/mol. The molecule has 0 spiro atoms. The molecule has 10 rings (SSSR count). The third-order valence-electron chi connectivity index (χ3n) is 9.50. The minimum absolute atomic E-state index is 0.0552. The van der Waals surface area contributed by atoms with Crippen molar-refractivity contribution in [2.24, 2.45) is 0 Å². The molecule has 9 aromatic carbocycles. The summed E-state index contributed by atoms with van der Waals surface area (Å²) in [6.45, 7) is 0. The molecule has 0 N–H and O–H groups in total. The highest BCUT2D eigenvalue weighted by Gasteiger charge is 2.20. The second kappa shape index (κ2) is 10.2. The minimum atomic E-state index is -0.0583. The molecule has 0 amide bonds. The van der Waals surface area contributed by atoms with Gasteiger partial charge >= 0.3 is 0 Å². The Morgan fingerprint density at radius 1 is 0.383 bits per heavy atom. The molecule has 0 aliphatic heterocycles. The normalized spacial score (nSPS) is 13.0. The quantitative estimate of drug-likeness (QED) is 0.184. The van der Waals surface area contributed by atoms with Crippen molar-refractivity contribution in [2.75, 3.05) is 0 Å². The van der Waals surface area contributed by atoms with E-state index in [9.17, 15) is 5.48 Å². The van der Waals surface area contributed by atoms with E-state index >= 15 is 0 Å². The van der Waals surface area contributed by atoms with Gasteiger partial charge in [0.25, 0.3) is 0 Å². The minimum Gasteiger partial charge on any atom is -0.455 e. The van der Waals surface area contributed by atoms with E-state index in [2.05, 4.69) is 42.5 Å². The van der Waals surface area contributed by atoms with Gasteiger partial charge in [-0.2, -0.15) is 0 Å². The first-order chi connectivity index (χ1) is 25.0. The number of hydrogen-bond acceptors (Lipinski definition) is 1. The van der Waals surface area contributed by atoms with Crippen molar-refractivity contribution in [3.63, 3.8) is 0 Å². The van der Waals surface area contributed by atoms with Gasteiger partial charge in [0.1, 0.15) is 11.2 Å². The smallest absolute Gasteiger partial charge is 0.143 e. The van der Waals surface area contributed by atoms with Gasteiger partial charge in [-0.15, -0.1) is 0 Å². The molecule has 0 bridgehead atoms. The Morgan fingerprint density at radius 3 is 1.68 bits per heavy atom. The van der Waals surface area contributed by atoms with Crippen LogP contribution >= 0.6 is 0 Å². The zero-order chi connectivity index (χ0) is 34.4. The van der Waals surface area contributed by atoms with Crippen LogP contribution in [-0.2, 0) is 0 Å². The van der Waals surface area contributed by atoms with Crippen molar-refractivity contribution in [3.8, 4) is 33.4 Å². The molecule has 0 unspecified atom stereocenters. The van der Waals surface area contributed by atoms with E-state index in [1.807, 2.05) is 103 Å². The van der Waals surface area contributed by atoms with Crippen molar-refractivity contribution in [2.45, 2.75) is 0 Å². The molecular weight excluding hydrogens is 569 g/mol. The van der Waals surface area contributed by atoms with Gasteiger partial charge in [-0.3, -0.25) is 0 Å². The molecule has 0 fully saturated rings. The number of hydrogen-bond donors (Lipinski definition) is 0. The summed E-state index contributed by atoms with van der Waals surface area (Å²) < 4.78 is 44.0. The van der Waals surface area contributed by atoms with E-state index in [1.165, 1.54) is 0 Å². The highest BCUT2D eigenvalue weighted by Crippen LogP contribution is 2.47. The Kier molecular flexibility index (Phi) is 4.83. The molecule has 47 heavy (non-hydrogen) atoms. The molecule has 1 nitrogen and oxygen atoms in total. The van der Waals surface area contributed by atoms with Crippen molar-refractivity contribution in [3.05, 3.63) is 170 Å². The van der Waals surface area contributed by atoms with Crippen LogP contribution in [0, 0.1) is 0 Å². The van der Waals surface area contributed by atoms with Crippen LogP contribution < -0.4 is 0 Å².